The first-order valence-electron chi connectivity index (χ1n) is 6.61. The van der Waals surface area contributed by atoms with Crippen molar-refractivity contribution < 1.29 is 0 Å². The number of nitrogens with zero attached hydrogens (tertiary/aromatic N) is 4. The molecule has 2 heterocycles. The van der Waals surface area contributed by atoms with Crippen molar-refractivity contribution >= 4 is 22.4 Å². The number of aromatic nitrogens is 1. The highest BCUT2D eigenvalue weighted by atomic mass is 32.1. The maximum atomic E-state index is 6.02. The number of thiazole rings is 1. The van der Waals surface area contributed by atoms with Crippen LogP contribution in [0.1, 0.15) is 13.3 Å². The van der Waals surface area contributed by atoms with Gasteiger partial charge < -0.3 is 15.5 Å². The molecule has 1 aliphatic heterocycles. The summed E-state index contributed by atoms with van der Waals surface area (Å²) < 4.78 is 0. The van der Waals surface area contributed by atoms with Crippen molar-refractivity contribution in [3.63, 3.8) is 0 Å². The molecule has 6 heteroatoms. The summed E-state index contributed by atoms with van der Waals surface area (Å²) in [6.07, 6.45) is 6.95. The maximum absolute atomic E-state index is 6.02. The fourth-order valence-electron chi connectivity index (χ4n) is 2.02. The van der Waals surface area contributed by atoms with Crippen molar-refractivity contribution in [1.29, 1.82) is 0 Å². The molecule has 1 aliphatic rings. The molecule has 1 aromatic heterocycles. The summed E-state index contributed by atoms with van der Waals surface area (Å²) in [4.78, 5) is 13.2. The molecule has 0 amide bonds. The van der Waals surface area contributed by atoms with Crippen LogP contribution >= 0.6 is 11.3 Å². The van der Waals surface area contributed by atoms with Gasteiger partial charge in [-0.25, -0.2) is 4.98 Å². The van der Waals surface area contributed by atoms with Crippen molar-refractivity contribution in [3.8, 4) is 0 Å². The first kappa shape index (κ1) is 13.9. The Kier molecular flexibility index (Phi) is 5.20. The predicted octanol–water partition coefficient (Wildman–Crippen LogP) is 1.55. The molecule has 19 heavy (non-hydrogen) atoms. The number of guanidine groups is 1. The Morgan fingerprint density at radius 2 is 2.26 bits per heavy atom. The second-order valence-corrected chi connectivity index (χ2v) is 5.26. The summed E-state index contributed by atoms with van der Waals surface area (Å²) in [6.45, 7) is 6.53. The van der Waals surface area contributed by atoms with Gasteiger partial charge in [-0.3, -0.25) is 4.99 Å². The van der Waals surface area contributed by atoms with Crippen LogP contribution in [-0.2, 0) is 0 Å². The summed E-state index contributed by atoms with van der Waals surface area (Å²) >= 11 is 1.69. The topological polar surface area (TPSA) is 57.8 Å². The van der Waals surface area contributed by atoms with Crippen LogP contribution in [0.25, 0.3) is 0 Å². The Labute approximate surface area is 118 Å². The third-order valence-corrected chi connectivity index (χ3v) is 3.93. The van der Waals surface area contributed by atoms with Gasteiger partial charge in [0.2, 0.25) is 0 Å². The van der Waals surface area contributed by atoms with Gasteiger partial charge in [0.05, 0.1) is 0 Å². The third-order valence-electron chi connectivity index (χ3n) is 3.10. The molecule has 0 spiro atoms. The normalized spacial score (nSPS) is 17.4. The van der Waals surface area contributed by atoms with Crippen molar-refractivity contribution in [2.45, 2.75) is 13.3 Å². The summed E-state index contributed by atoms with van der Waals surface area (Å²) in [7, 11) is 0. The number of aliphatic imine (C=N–C) groups is 1. The Hall–Kier alpha value is -1.56. The molecule has 0 saturated carbocycles. The van der Waals surface area contributed by atoms with Crippen LogP contribution in [0.4, 0.5) is 5.13 Å². The molecule has 0 atom stereocenters. The van der Waals surface area contributed by atoms with Crippen molar-refractivity contribution in [3.05, 3.63) is 23.7 Å². The first-order chi connectivity index (χ1) is 9.31. The van der Waals surface area contributed by atoms with E-state index in [1.807, 2.05) is 24.6 Å². The lowest BCUT2D eigenvalue weighted by molar-refractivity contribution is 0.380. The second kappa shape index (κ2) is 7.13. The lowest BCUT2D eigenvalue weighted by Crippen LogP contribution is -2.51. The second-order valence-electron chi connectivity index (χ2n) is 4.39. The molecule has 2 N–H and O–H groups in total. The zero-order valence-electron chi connectivity index (χ0n) is 11.3. The zero-order chi connectivity index (χ0) is 13.5. The molecular formula is C13H21N5S. The molecule has 0 bridgehead atoms. The molecule has 1 aromatic rings. The van der Waals surface area contributed by atoms with Crippen LogP contribution < -0.4 is 10.6 Å². The summed E-state index contributed by atoms with van der Waals surface area (Å²) in [6, 6.07) is 0. The average Bonchev–Trinajstić information content (AvgIpc) is 2.98. The van der Waals surface area contributed by atoms with Gasteiger partial charge in [-0.1, -0.05) is 12.2 Å². The lowest BCUT2D eigenvalue weighted by Gasteiger charge is -2.35. The molecule has 1 saturated heterocycles. The number of allylic oxidation sites excluding steroid dienone is 1. The number of piperazine rings is 1. The average molecular weight is 279 g/mol. The van der Waals surface area contributed by atoms with E-state index in [0.717, 1.165) is 44.3 Å². The van der Waals surface area contributed by atoms with Gasteiger partial charge in [-0.2, -0.15) is 0 Å². The van der Waals surface area contributed by atoms with Crippen LogP contribution in [0.3, 0.4) is 0 Å². The fraction of sp³-hybridized carbons (Fsp3) is 0.538. The largest absolute Gasteiger partial charge is 0.370 e. The Morgan fingerprint density at radius 1 is 1.47 bits per heavy atom. The minimum atomic E-state index is 0.670. The SMILES string of the molecule is CC=CCCN=C(N)N1CCN(c2nccs2)CC1. The number of rotatable bonds is 4. The molecular weight excluding hydrogens is 258 g/mol. The molecule has 1 fully saturated rings. The molecule has 0 aliphatic carbocycles. The van der Waals surface area contributed by atoms with Gasteiger partial charge in [-0.05, 0) is 13.3 Å². The highest BCUT2D eigenvalue weighted by Crippen LogP contribution is 2.18. The molecule has 104 valence electrons. The van der Waals surface area contributed by atoms with Crippen molar-refractivity contribution in [2.24, 2.45) is 10.7 Å². The van der Waals surface area contributed by atoms with Crippen molar-refractivity contribution in [2.75, 3.05) is 37.6 Å². The smallest absolute Gasteiger partial charge is 0.191 e. The number of anilines is 1. The Balaban J connectivity index is 1.79. The summed E-state index contributed by atoms with van der Waals surface area (Å²) in [5.41, 5.74) is 6.02. The number of hydrogen-bond donors (Lipinski definition) is 1. The van der Waals surface area contributed by atoms with Gasteiger partial charge in [0, 0.05) is 44.3 Å². The van der Waals surface area contributed by atoms with E-state index < -0.39 is 0 Å². The van der Waals surface area contributed by atoms with Gasteiger partial charge in [0.15, 0.2) is 11.1 Å². The van der Waals surface area contributed by atoms with E-state index in [2.05, 4.69) is 25.9 Å². The first-order valence-corrected chi connectivity index (χ1v) is 7.49. The highest BCUT2D eigenvalue weighted by Gasteiger charge is 2.19. The minimum absolute atomic E-state index is 0.670. The monoisotopic (exact) mass is 279 g/mol. The standard InChI is InChI=1S/C13H21N5S/c1-2-3-4-5-15-12(14)17-7-9-18(10-8-17)13-16-6-11-19-13/h2-3,6,11H,4-5,7-10H2,1H3,(H2,14,15). The molecule has 0 radical (unpaired) electrons. The zero-order valence-corrected chi connectivity index (χ0v) is 12.1. The van der Waals surface area contributed by atoms with Crippen LogP contribution in [0, 0.1) is 0 Å². The maximum Gasteiger partial charge on any atom is 0.191 e. The molecule has 2 rings (SSSR count). The van der Waals surface area contributed by atoms with E-state index in [4.69, 9.17) is 5.73 Å². The highest BCUT2D eigenvalue weighted by molar-refractivity contribution is 7.13. The van der Waals surface area contributed by atoms with Crippen molar-refractivity contribution in [1.82, 2.24) is 9.88 Å². The number of nitrogens with two attached hydrogens (primary N) is 1. The van der Waals surface area contributed by atoms with E-state index in [0.29, 0.717) is 5.96 Å². The van der Waals surface area contributed by atoms with Crippen LogP contribution in [0.2, 0.25) is 0 Å². The van der Waals surface area contributed by atoms with E-state index in [-0.39, 0.29) is 0 Å². The van der Waals surface area contributed by atoms with E-state index >= 15 is 0 Å². The van der Waals surface area contributed by atoms with Gasteiger partial charge in [0.25, 0.3) is 0 Å². The van der Waals surface area contributed by atoms with Crippen LogP contribution in [0.15, 0.2) is 28.7 Å². The van der Waals surface area contributed by atoms with E-state index in [9.17, 15) is 0 Å². The Morgan fingerprint density at radius 3 is 2.89 bits per heavy atom. The lowest BCUT2D eigenvalue weighted by atomic mass is 10.3. The van der Waals surface area contributed by atoms with Gasteiger partial charge in [0.1, 0.15) is 0 Å². The Bertz CT molecular complexity index is 418. The summed E-state index contributed by atoms with van der Waals surface area (Å²) in [5, 5.41) is 3.11. The van der Waals surface area contributed by atoms with Crippen LogP contribution in [0.5, 0.6) is 0 Å². The summed E-state index contributed by atoms with van der Waals surface area (Å²) in [5.74, 6) is 0.670. The molecule has 5 nitrogen and oxygen atoms in total. The quantitative estimate of drug-likeness (QED) is 0.393. The van der Waals surface area contributed by atoms with E-state index in [1.165, 1.54) is 0 Å². The minimum Gasteiger partial charge on any atom is -0.370 e. The third kappa shape index (κ3) is 3.96. The predicted molar refractivity (Wildman–Crippen MR) is 81.8 cm³/mol. The van der Waals surface area contributed by atoms with Crippen LogP contribution in [-0.4, -0.2) is 48.6 Å². The van der Waals surface area contributed by atoms with Gasteiger partial charge >= 0.3 is 0 Å². The fourth-order valence-corrected chi connectivity index (χ4v) is 2.72. The molecule has 0 unspecified atom stereocenters. The van der Waals surface area contributed by atoms with E-state index in [1.54, 1.807) is 11.3 Å². The molecule has 0 aromatic carbocycles. The number of hydrogen-bond acceptors (Lipinski definition) is 4. The van der Waals surface area contributed by atoms with Gasteiger partial charge in [-0.15, -0.1) is 11.3 Å².